The molecule has 0 amide bonds. The molecule has 1 heteroatoms. The van der Waals surface area contributed by atoms with Crippen LogP contribution in [-0.2, 0) is 4.74 Å². The molecule has 0 N–H and O–H groups in total. The molecule has 0 aliphatic heterocycles. The monoisotopic (exact) mass is 152 g/mol. The first-order valence-corrected chi connectivity index (χ1v) is 4.38. The molecular formula is C10H16O. The fraction of sp³-hybridized carbons (Fsp3) is 0.800. The predicted molar refractivity (Wildman–Crippen MR) is 46.2 cm³/mol. The molecule has 62 valence electrons. The standard InChI is InChI=1S/C10H16O/c1-3-8-11-10-6-4-9(2)5-7-10/h1,9-10H,4-8H2,2H3. The molecule has 1 fully saturated rings. The lowest BCUT2D eigenvalue weighted by molar-refractivity contribution is 0.0397. The van der Waals surface area contributed by atoms with Crippen LogP contribution in [0, 0.1) is 18.3 Å². The van der Waals surface area contributed by atoms with Crippen molar-refractivity contribution in [1.29, 1.82) is 0 Å². The van der Waals surface area contributed by atoms with E-state index in [0.717, 1.165) is 5.92 Å². The van der Waals surface area contributed by atoms with E-state index in [0.29, 0.717) is 12.7 Å². The van der Waals surface area contributed by atoms with Gasteiger partial charge in [0, 0.05) is 0 Å². The van der Waals surface area contributed by atoms with Gasteiger partial charge in [0.1, 0.15) is 6.61 Å². The number of hydrogen-bond donors (Lipinski definition) is 0. The van der Waals surface area contributed by atoms with Gasteiger partial charge in [-0.15, -0.1) is 6.42 Å². The normalized spacial score (nSPS) is 31.3. The quantitative estimate of drug-likeness (QED) is 0.551. The summed E-state index contributed by atoms with van der Waals surface area (Å²) in [5.74, 6) is 3.39. The van der Waals surface area contributed by atoms with E-state index in [2.05, 4.69) is 12.8 Å². The van der Waals surface area contributed by atoms with Crippen LogP contribution in [0.3, 0.4) is 0 Å². The Morgan fingerprint density at radius 2 is 2.00 bits per heavy atom. The van der Waals surface area contributed by atoms with Crippen LogP contribution < -0.4 is 0 Å². The van der Waals surface area contributed by atoms with Crippen molar-refractivity contribution in [3.05, 3.63) is 0 Å². The molecule has 0 aromatic heterocycles. The second-order valence-electron chi connectivity index (χ2n) is 3.40. The lowest BCUT2D eigenvalue weighted by Crippen LogP contribution is -2.20. The molecule has 0 aromatic carbocycles. The van der Waals surface area contributed by atoms with E-state index in [9.17, 15) is 0 Å². The van der Waals surface area contributed by atoms with E-state index in [1.807, 2.05) is 0 Å². The summed E-state index contributed by atoms with van der Waals surface area (Å²) in [5, 5.41) is 0. The van der Waals surface area contributed by atoms with Crippen LogP contribution in [0.4, 0.5) is 0 Å². The van der Waals surface area contributed by atoms with E-state index in [1.165, 1.54) is 25.7 Å². The lowest BCUT2D eigenvalue weighted by atomic mass is 9.89. The number of terminal acetylenes is 1. The number of ether oxygens (including phenoxy) is 1. The van der Waals surface area contributed by atoms with Gasteiger partial charge in [0.05, 0.1) is 6.10 Å². The molecule has 1 saturated carbocycles. The van der Waals surface area contributed by atoms with Crippen molar-refractivity contribution in [3.8, 4) is 12.3 Å². The molecule has 0 unspecified atom stereocenters. The Labute approximate surface area is 69.1 Å². The molecular weight excluding hydrogens is 136 g/mol. The van der Waals surface area contributed by atoms with Crippen molar-refractivity contribution in [1.82, 2.24) is 0 Å². The van der Waals surface area contributed by atoms with Crippen LogP contribution in [0.25, 0.3) is 0 Å². The number of rotatable bonds is 2. The van der Waals surface area contributed by atoms with Crippen LogP contribution in [0.15, 0.2) is 0 Å². The van der Waals surface area contributed by atoms with Crippen molar-refractivity contribution in [2.75, 3.05) is 6.61 Å². The van der Waals surface area contributed by atoms with E-state index in [4.69, 9.17) is 11.2 Å². The van der Waals surface area contributed by atoms with Gasteiger partial charge in [-0.3, -0.25) is 0 Å². The summed E-state index contributed by atoms with van der Waals surface area (Å²) in [6.07, 6.45) is 10.5. The smallest absolute Gasteiger partial charge is 0.107 e. The van der Waals surface area contributed by atoms with Gasteiger partial charge in [-0.1, -0.05) is 12.8 Å². The molecule has 1 rings (SSSR count). The number of hydrogen-bond acceptors (Lipinski definition) is 1. The van der Waals surface area contributed by atoms with Gasteiger partial charge >= 0.3 is 0 Å². The van der Waals surface area contributed by atoms with Gasteiger partial charge in [0.25, 0.3) is 0 Å². The largest absolute Gasteiger partial charge is 0.366 e. The van der Waals surface area contributed by atoms with Crippen LogP contribution in [0.5, 0.6) is 0 Å². The Morgan fingerprint density at radius 3 is 2.55 bits per heavy atom. The summed E-state index contributed by atoms with van der Waals surface area (Å²) < 4.78 is 5.44. The highest BCUT2D eigenvalue weighted by atomic mass is 16.5. The molecule has 0 heterocycles. The molecule has 0 bridgehead atoms. The molecule has 0 spiro atoms. The maximum Gasteiger partial charge on any atom is 0.107 e. The van der Waals surface area contributed by atoms with Gasteiger partial charge in [0.15, 0.2) is 0 Å². The second-order valence-corrected chi connectivity index (χ2v) is 3.40. The highest BCUT2D eigenvalue weighted by Crippen LogP contribution is 2.25. The SMILES string of the molecule is C#CCOC1CCC(C)CC1. The van der Waals surface area contributed by atoms with Crippen molar-refractivity contribution in [2.24, 2.45) is 5.92 Å². The molecule has 0 atom stereocenters. The molecule has 0 saturated heterocycles. The molecule has 1 aliphatic carbocycles. The molecule has 0 aromatic rings. The lowest BCUT2D eigenvalue weighted by Gasteiger charge is -2.25. The first-order valence-electron chi connectivity index (χ1n) is 4.38. The summed E-state index contributed by atoms with van der Waals surface area (Å²) >= 11 is 0. The zero-order valence-corrected chi connectivity index (χ0v) is 7.18. The van der Waals surface area contributed by atoms with Crippen LogP contribution in [0.1, 0.15) is 32.6 Å². The summed E-state index contributed by atoms with van der Waals surface area (Å²) in [7, 11) is 0. The maximum atomic E-state index is 5.44. The Kier molecular flexibility index (Phi) is 3.45. The summed E-state index contributed by atoms with van der Waals surface area (Å²) in [6, 6.07) is 0. The fourth-order valence-corrected chi connectivity index (χ4v) is 1.56. The Hall–Kier alpha value is -0.480. The van der Waals surface area contributed by atoms with Gasteiger partial charge in [-0.2, -0.15) is 0 Å². The minimum atomic E-state index is 0.447. The van der Waals surface area contributed by atoms with Crippen molar-refractivity contribution >= 4 is 0 Å². The second kappa shape index (κ2) is 4.41. The van der Waals surface area contributed by atoms with E-state index in [1.54, 1.807) is 0 Å². The highest BCUT2D eigenvalue weighted by molar-refractivity contribution is 4.84. The van der Waals surface area contributed by atoms with E-state index >= 15 is 0 Å². The van der Waals surface area contributed by atoms with Crippen molar-refractivity contribution < 1.29 is 4.74 Å². The van der Waals surface area contributed by atoms with Gasteiger partial charge in [-0.25, -0.2) is 0 Å². The zero-order chi connectivity index (χ0) is 8.10. The minimum Gasteiger partial charge on any atom is -0.366 e. The molecule has 0 radical (unpaired) electrons. The summed E-state index contributed by atoms with van der Waals surface area (Å²) in [4.78, 5) is 0. The van der Waals surface area contributed by atoms with Crippen molar-refractivity contribution in [3.63, 3.8) is 0 Å². The average molecular weight is 152 g/mol. The fourth-order valence-electron chi connectivity index (χ4n) is 1.56. The summed E-state index contributed by atoms with van der Waals surface area (Å²) in [6.45, 7) is 2.79. The Balaban J connectivity index is 2.13. The predicted octanol–water partition coefficient (Wildman–Crippen LogP) is 2.21. The topological polar surface area (TPSA) is 9.23 Å². The molecule has 1 aliphatic rings. The molecule has 11 heavy (non-hydrogen) atoms. The van der Waals surface area contributed by atoms with Gasteiger partial charge in [-0.05, 0) is 31.6 Å². The maximum absolute atomic E-state index is 5.44. The highest BCUT2D eigenvalue weighted by Gasteiger charge is 2.17. The van der Waals surface area contributed by atoms with E-state index < -0.39 is 0 Å². The third kappa shape index (κ3) is 2.95. The zero-order valence-electron chi connectivity index (χ0n) is 7.18. The third-order valence-electron chi connectivity index (χ3n) is 2.37. The van der Waals surface area contributed by atoms with Gasteiger partial charge < -0.3 is 4.74 Å². The third-order valence-corrected chi connectivity index (χ3v) is 2.37. The summed E-state index contributed by atoms with van der Waals surface area (Å²) in [5.41, 5.74) is 0. The van der Waals surface area contributed by atoms with Crippen LogP contribution in [-0.4, -0.2) is 12.7 Å². The Morgan fingerprint density at radius 1 is 1.36 bits per heavy atom. The van der Waals surface area contributed by atoms with Gasteiger partial charge in [0.2, 0.25) is 0 Å². The van der Waals surface area contributed by atoms with Crippen LogP contribution in [0.2, 0.25) is 0 Å². The average Bonchev–Trinajstić information content (AvgIpc) is 2.04. The van der Waals surface area contributed by atoms with Crippen LogP contribution >= 0.6 is 0 Å². The molecule has 1 nitrogen and oxygen atoms in total. The first kappa shape index (κ1) is 8.62. The first-order chi connectivity index (χ1) is 5.33. The van der Waals surface area contributed by atoms with E-state index in [-0.39, 0.29) is 0 Å². The Bertz CT molecular complexity index is 137. The minimum absolute atomic E-state index is 0.447. The van der Waals surface area contributed by atoms with Crippen molar-refractivity contribution in [2.45, 2.75) is 38.7 Å².